The minimum Gasteiger partial charge on any atom is -0.492 e. The van der Waals surface area contributed by atoms with Crippen LogP contribution in [0.4, 0.5) is 0 Å². The number of likely N-dealkylation sites (tertiary alicyclic amines) is 1. The Morgan fingerprint density at radius 3 is 2.67 bits per heavy atom. The van der Waals surface area contributed by atoms with E-state index in [9.17, 15) is 4.79 Å². The largest absolute Gasteiger partial charge is 0.492 e. The monoisotopic (exact) mass is 516 g/mol. The minimum absolute atomic E-state index is 0.0511. The number of rotatable bonds is 7. The van der Waals surface area contributed by atoms with E-state index in [1.54, 1.807) is 11.3 Å². The molecule has 1 saturated carbocycles. The Balaban J connectivity index is 1.30. The molecule has 36 heavy (non-hydrogen) atoms. The van der Waals surface area contributed by atoms with Gasteiger partial charge in [0.15, 0.2) is 0 Å². The zero-order chi connectivity index (χ0) is 24.9. The highest BCUT2D eigenvalue weighted by molar-refractivity contribution is 7.19. The average Bonchev–Trinajstić information content (AvgIpc) is 3.52. The normalized spacial score (nSPS) is 18.6. The van der Waals surface area contributed by atoms with Crippen molar-refractivity contribution in [2.24, 2.45) is 0 Å². The fourth-order valence-electron chi connectivity index (χ4n) is 5.10. The fourth-order valence-corrected chi connectivity index (χ4v) is 6.13. The van der Waals surface area contributed by atoms with Gasteiger partial charge in [-0.2, -0.15) is 0 Å². The van der Waals surface area contributed by atoms with Crippen LogP contribution >= 0.6 is 22.9 Å². The van der Waals surface area contributed by atoms with Crippen molar-refractivity contribution >= 4 is 39.6 Å². The number of carbonyl (C=O) groups excluding carboxylic acids is 1. The first kappa shape index (κ1) is 23.5. The Bertz CT molecular complexity index is 1460. The van der Waals surface area contributed by atoms with Gasteiger partial charge in [0.2, 0.25) is 0 Å². The van der Waals surface area contributed by atoms with Crippen LogP contribution in [-0.4, -0.2) is 37.0 Å². The lowest BCUT2D eigenvalue weighted by Gasteiger charge is -2.37. The number of amides is 1. The Hall–Kier alpha value is -2.86. The first-order valence-electron chi connectivity index (χ1n) is 12.5. The summed E-state index contributed by atoms with van der Waals surface area (Å²) in [5, 5.41) is 5.76. The number of likely N-dealkylation sites (N-methyl/N-ethyl adjacent to an activating group) is 1. The van der Waals surface area contributed by atoms with Crippen LogP contribution in [-0.2, 0) is 5.54 Å². The number of nitrogens with zero attached hydrogens (tertiary/aromatic N) is 1. The molecule has 6 heteroatoms. The number of carbonyl (C=O) groups is 1. The molecule has 1 atom stereocenters. The van der Waals surface area contributed by atoms with Crippen molar-refractivity contribution in [3.05, 3.63) is 87.8 Å². The molecular weight excluding hydrogens is 488 g/mol. The number of benzene rings is 3. The molecule has 1 N–H and O–H groups in total. The van der Waals surface area contributed by atoms with Crippen molar-refractivity contribution in [3.63, 3.8) is 0 Å². The van der Waals surface area contributed by atoms with Crippen molar-refractivity contribution in [2.75, 3.05) is 20.2 Å². The van der Waals surface area contributed by atoms with Crippen LogP contribution < -0.4 is 10.1 Å². The highest BCUT2D eigenvalue weighted by Gasteiger charge is 2.47. The van der Waals surface area contributed by atoms with E-state index < -0.39 is 0 Å². The molecule has 2 heterocycles. The summed E-state index contributed by atoms with van der Waals surface area (Å²) in [6, 6.07) is 23.1. The third-order valence-electron chi connectivity index (χ3n) is 7.67. The van der Waals surface area contributed by atoms with Crippen molar-refractivity contribution in [1.29, 1.82) is 0 Å². The molecule has 2 fully saturated rings. The van der Waals surface area contributed by atoms with Crippen LogP contribution in [0.25, 0.3) is 21.2 Å². The van der Waals surface area contributed by atoms with Crippen LogP contribution in [0, 0.1) is 6.92 Å². The van der Waals surface area contributed by atoms with Gasteiger partial charge >= 0.3 is 0 Å². The van der Waals surface area contributed by atoms with Gasteiger partial charge in [-0.1, -0.05) is 41.9 Å². The molecule has 1 unspecified atom stereocenters. The Labute approximate surface area is 220 Å². The lowest BCUT2D eigenvalue weighted by Crippen LogP contribution is -2.48. The predicted molar refractivity (Wildman–Crippen MR) is 148 cm³/mol. The Morgan fingerprint density at radius 1 is 1.14 bits per heavy atom. The van der Waals surface area contributed by atoms with Gasteiger partial charge in [-0.15, -0.1) is 11.3 Å². The number of halogens is 1. The molecule has 0 bridgehead atoms. The number of nitrogens with one attached hydrogen (secondary N) is 1. The van der Waals surface area contributed by atoms with E-state index in [1.165, 1.54) is 16.3 Å². The number of hydrogen-bond acceptors (Lipinski definition) is 4. The lowest BCUT2D eigenvalue weighted by molar-refractivity contribution is 0.0767. The van der Waals surface area contributed by atoms with Gasteiger partial charge < -0.3 is 10.1 Å². The van der Waals surface area contributed by atoms with Gasteiger partial charge in [0.05, 0.1) is 9.88 Å². The molecule has 0 radical (unpaired) electrons. The van der Waals surface area contributed by atoms with E-state index >= 15 is 0 Å². The quantitative estimate of drug-likeness (QED) is 0.286. The fraction of sp³-hybridized carbons (Fsp3) is 0.300. The molecular formula is C30H29ClN2O2S. The van der Waals surface area contributed by atoms with Crippen LogP contribution in [0.3, 0.4) is 0 Å². The third-order valence-corrected chi connectivity index (χ3v) is 8.95. The zero-order valence-corrected chi connectivity index (χ0v) is 22.1. The second-order valence-electron chi connectivity index (χ2n) is 10.1. The summed E-state index contributed by atoms with van der Waals surface area (Å²) in [7, 11) is 2.12. The Kier molecular flexibility index (Phi) is 6.03. The van der Waals surface area contributed by atoms with Gasteiger partial charge in [-0.05, 0) is 104 Å². The number of ether oxygens (including phenoxy) is 1. The molecule has 2 aliphatic rings. The van der Waals surface area contributed by atoms with Gasteiger partial charge in [0.1, 0.15) is 12.4 Å². The predicted octanol–water partition coefficient (Wildman–Crippen LogP) is 7.03. The summed E-state index contributed by atoms with van der Waals surface area (Å²) in [4.78, 5) is 17.0. The number of fused-ring (bicyclic) bond motifs is 1. The molecule has 3 aromatic carbocycles. The van der Waals surface area contributed by atoms with Gasteiger partial charge in [-0.3, -0.25) is 9.69 Å². The molecule has 1 aliphatic heterocycles. The van der Waals surface area contributed by atoms with Gasteiger partial charge in [0.25, 0.3) is 5.91 Å². The maximum Gasteiger partial charge on any atom is 0.252 e. The molecule has 6 rings (SSSR count). The molecule has 1 amide bonds. The zero-order valence-electron chi connectivity index (χ0n) is 20.5. The number of aryl methyl sites for hydroxylation is 1. The molecule has 4 aromatic rings. The maximum atomic E-state index is 13.6. The lowest BCUT2D eigenvalue weighted by atomic mass is 9.93. The smallest absolute Gasteiger partial charge is 0.252 e. The summed E-state index contributed by atoms with van der Waals surface area (Å²) in [5.74, 6) is 0.697. The highest BCUT2D eigenvalue weighted by Crippen LogP contribution is 2.49. The van der Waals surface area contributed by atoms with E-state index in [-0.39, 0.29) is 11.4 Å². The SMILES string of the molecule is Cc1ccc(OCC2CCN2C)cc1C(=O)NC1(c2cc(-c3ccc(Cl)s3)cc3ccccc23)CC1. The number of hydrogen-bond donors (Lipinski definition) is 1. The topological polar surface area (TPSA) is 41.6 Å². The molecule has 1 aromatic heterocycles. The average molecular weight is 517 g/mol. The highest BCUT2D eigenvalue weighted by atomic mass is 35.5. The first-order chi connectivity index (χ1) is 17.4. The summed E-state index contributed by atoms with van der Waals surface area (Å²) in [6.45, 7) is 3.75. The summed E-state index contributed by atoms with van der Waals surface area (Å²) < 4.78 is 6.82. The summed E-state index contributed by atoms with van der Waals surface area (Å²) in [6.07, 6.45) is 2.99. The number of thiophene rings is 1. The van der Waals surface area contributed by atoms with Crippen LogP contribution in [0.5, 0.6) is 5.75 Å². The second kappa shape index (κ2) is 9.22. The molecule has 184 valence electrons. The van der Waals surface area contributed by atoms with Crippen molar-refractivity contribution < 1.29 is 9.53 Å². The Morgan fingerprint density at radius 2 is 1.97 bits per heavy atom. The third kappa shape index (κ3) is 4.40. The van der Waals surface area contributed by atoms with E-state index in [0.717, 1.165) is 51.9 Å². The maximum absolute atomic E-state index is 13.6. The molecule has 4 nitrogen and oxygen atoms in total. The summed E-state index contributed by atoms with van der Waals surface area (Å²) in [5.41, 5.74) is 3.56. The first-order valence-corrected chi connectivity index (χ1v) is 13.7. The van der Waals surface area contributed by atoms with E-state index in [2.05, 4.69) is 59.7 Å². The minimum atomic E-state index is -0.369. The molecule has 1 saturated heterocycles. The van der Waals surface area contributed by atoms with Crippen molar-refractivity contribution in [3.8, 4) is 16.2 Å². The van der Waals surface area contributed by atoms with Crippen LogP contribution in [0.15, 0.2) is 66.7 Å². The second-order valence-corrected chi connectivity index (χ2v) is 11.8. The van der Waals surface area contributed by atoms with Crippen molar-refractivity contribution in [2.45, 2.75) is 37.8 Å². The molecule has 0 spiro atoms. The van der Waals surface area contributed by atoms with Gasteiger partial charge in [-0.25, -0.2) is 0 Å². The van der Waals surface area contributed by atoms with Crippen LogP contribution in [0.2, 0.25) is 4.34 Å². The van der Waals surface area contributed by atoms with E-state index in [4.69, 9.17) is 16.3 Å². The van der Waals surface area contributed by atoms with E-state index in [1.807, 2.05) is 31.2 Å². The van der Waals surface area contributed by atoms with Gasteiger partial charge in [0, 0.05) is 16.5 Å². The summed E-state index contributed by atoms with van der Waals surface area (Å²) >= 11 is 7.82. The van der Waals surface area contributed by atoms with E-state index in [0.29, 0.717) is 18.2 Å². The van der Waals surface area contributed by atoms with Crippen molar-refractivity contribution in [1.82, 2.24) is 10.2 Å². The van der Waals surface area contributed by atoms with Crippen LogP contribution in [0.1, 0.15) is 40.7 Å². The standard InChI is InChI=1S/C30H29ClN2O2S/c1-19-7-8-23(35-18-22-11-14-33(22)2)17-25(19)29(34)32-30(12-13-30)26-16-21(27-9-10-28(31)36-27)15-20-5-3-4-6-24(20)26/h3-10,15-17,22H,11-14,18H2,1-2H3,(H,32,34). The molecule has 1 aliphatic carbocycles.